The van der Waals surface area contributed by atoms with Crippen molar-refractivity contribution in [2.24, 2.45) is 0 Å². The largest absolute Gasteiger partial charge is 0.493 e. The van der Waals surface area contributed by atoms with Gasteiger partial charge in [-0.2, -0.15) is 5.26 Å². The third kappa shape index (κ3) is 5.04. The highest BCUT2D eigenvalue weighted by Gasteiger charge is 2.17. The Balaban J connectivity index is 1.63. The molecule has 2 aromatic rings. The first-order valence-corrected chi connectivity index (χ1v) is 8.77. The topological polar surface area (TPSA) is 93.9 Å². The Labute approximate surface area is 162 Å². The zero-order valence-electron chi connectivity index (χ0n) is 15.8. The van der Waals surface area contributed by atoms with Crippen molar-refractivity contribution in [2.45, 2.75) is 6.29 Å². The molecule has 0 atom stereocenters. The highest BCUT2D eigenvalue weighted by molar-refractivity contribution is 5.88. The lowest BCUT2D eigenvalue weighted by molar-refractivity contribution is -0.129. The highest BCUT2D eigenvalue weighted by Crippen LogP contribution is 2.32. The third-order valence-electron chi connectivity index (χ3n) is 4.13. The number of aromatic nitrogens is 1. The van der Waals surface area contributed by atoms with Crippen molar-refractivity contribution in [3.05, 3.63) is 42.1 Å². The number of hydrogen-bond acceptors (Lipinski definition) is 8. The number of ether oxygens (including phenoxy) is 4. The molecule has 0 aliphatic carbocycles. The number of pyridine rings is 1. The van der Waals surface area contributed by atoms with E-state index in [0.29, 0.717) is 48.5 Å². The molecular weight excluding hydrogens is 362 g/mol. The molecule has 1 aromatic heterocycles. The zero-order chi connectivity index (χ0) is 19.9. The lowest BCUT2D eigenvalue weighted by Crippen LogP contribution is -2.30. The molecule has 28 heavy (non-hydrogen) atoms. The lowest BCUT2D eigenvalue weighted by Gasteiger charge is -2.17. The summed E-state index contributed by atoms with van der Waals surface area (Å²) in [5.41, 5.74) is 1.07. The number of likely N-dealkylation sites (N-methyl/N-ethyl adjacent to an activating group) is 1. The van der Waals surface area contributed by atoms with Gasteiger partial charge in [0, 0.05) is 36.8 Å². The number of hydrogen-bond donors (Lipinski definition) is 0. The zero-order valence-corrected chi connectivity index (χ0v) is 15.8. The van der Waals surface area contributed by atoms with E-state index in [4.69, 9.17) is 24.2 Å². The molecule has 8 heteroatoms. The molecule has 2 heterocycles. The SMILES string of the molecule is COc1cc2ncc(C#N)cc2cc1OC(=O)C=CCN(C)CC1OCCO1. The van der Waals surface area contributed by atoms with E-state index in [1.807, 2.05) is 18.0 Å². The average molecular weight is 383 g/mol. The van der Waals surface area contributed by atoms with Crippen LogP contribution in [0.5, 0.6) is 11.5 Å². The van der Waals surface area contributed by atoms with Crippen LogP contribution in [0.3, 0.4) is 0 Å². The van der Waals surface area contributed by atoms with E-state index in [1.54, 1.807) is 24.3 Å². The van der Waals surface area contributed by atoms with Crippen LogP contribution < -0.4 is 9.47 Å². The summed E-state index contributed by atoms with van der Waals surface area (Å²) in [6.45, 7) is 2.38. The van der Waals surface area contributed by atoms with Crippen molar-refractivity contribution in [1.29, 1.82) is 5.26 Å². The molecule has 1 saturated heterocycles. The number of fused-ring (bicyclic) bond motifs is 1. The van der Waals surface area contributed by atoms with Crippen LogP contribution in [0.1, 0.15) is 5.56 Å². The maximum atomic E-state index is 12.2. The molecule has 1 aliphatic rings. The van der Waals surface area contributed by atoms with Gasteiger partial charge in [0.25, 0.3) is 0 Å². The summed E-state index contributed by atoms with van der Waals surface area (Å²) < 4.78 is 21.5. The van der Waals surface area contributed by atoms with Gasteiger partial charge in [-0.25, -0.2) is 4.79 Å². The van der Waals surface area contributed by atoms with Crippen molar-refractivity contribution >= 4 is 16.9 Å². The fourth-order valence-electron chi connectivity index (χ4n) is 2.75. The van der Waals surface area contributed by atoms with E-state index in [0.717, 1.165) is 0 Å². The Morgan fingerprint density at radius 1 is 1.36 bits per heavy atom. The van der Waals surface area contributed by atoms with Crippen LogP contribution in [-0.4, -0.2) is 62.6 Å². The van der Waals surface area contributed by atoms with Crippen molar-refractivity contribution in [2.75, 3.05) is 40.5 Å². The molecule has 1 fully saturated rings. The van der Waals surface area contributed by atoms with Crippen LogP contribution in [0.15, 0.2) is 36.5 Å². The molecule has 0 unspecified atom stereocenters. The maximum absolute atomic E-state index is 12.2. The second kappa shape index (κ2) is 9.28. The van der Waals surface area contributed by atoms with Crippen molar-refractivity contribution in [3.63, 3.8) is 0 Å². The second-order valence-corrected chi connectivity index (χ2v) is 6.25. The summed E-state index contributed by atoms with van der Waals surface area (Å²) in [5.74, 6) is 0.130. The van der Waals surface area contributed by atoms with E-state index in [2.05, 4.69) is 4.98 Å². The Kier molecular flexibility index (Phi) is 6.55. The van der Waals surface area contributed by atoms with Gasteiger partial charge < -0.3 is 18.9 Å². The van der Waals surface area contributed by atoms with Crippen LogP contribution in [0, 0.1) is 11.3 Å². The number of benzene rings is 1. The van der Waals surface area contributed by atoms with Gasteiger partial charge in [-0.1, -0.05) is 6.08 Å². The summed E-state index contributed by atoms with van der Waals surface area (Å²) >= 11 is 0. The van der Waals surface area contributed by atoms with Crippen LogP contribution >= 0.6 is 0 Å². The minimum atomic E-state index is -0.524. The highest BCUT2D eigenvalue weighted by atomic mass is 16.7. The molecule has 0 bridgehead atoms. The van der Waals surface area contributed by atoms with Crippen molar-refractivity contribution in [3.8, 4) is 17.6 Å². The predicted molar refractivity (Wildman–Crippen MR) is 101 cm³/mol. The lowest BCUT2D eigenvalue weighted by atomic mass is 10.1. The van der Waals surface area contributed by atoms with Gasteiger partial charge in [0.2, 0.25) is 0 Å². The van der Waals surface area contributed by atoms with Crippen LogP contribution in [-0.2, 0) is 14.3 Å². The number of esters is 1. The summed E-state index contributed by atoms with van der Waals surface area (Å²) in [7, 11) is 3.40. The van der Waals surface area contributed by atoms with Crippen LogP contribution in [0.4, 0.5) is 0 Å². The molecule has 0 N–H and O–H groups in total. The fourth-order valence-corrected chi connectivity index (χ4v) is 2.75. The molecule has 0 amide bonds. The Bertz CT molecular complexity index is 916. The Morgan fingerprint density at radius 2 is 2.14 bits per heavy atom. The number of carbonyl (C=O) groups is 1. The first-order valence-electron chi connectivity index (χ1n) is 8.77. The second-order valence-electron chi connectivity index (χ2n) is 6.25. The van der Waals surface area contributed by atoms with Gasteiger partial charge in [0.1, 0.15) is 6.07 Å². The summed E-state index contributed by atoms with van der Waals surface area (Å²) in [4.78, 5) is 18.4. The van der Waals surface area contributed by atoms with Gasteiger partial charge in [-0.3, -0.25) is 9.88 Å². The number of nitrogens with zero attached hydrogens (tertiary/aromatic N) is 3. The fraction of sp³-hybridized carbons (Fsp3) is 0.350. The molecule has 0 spiro atoms. The molecule has 8 nitrogen and oxygen atoms in total. The molecule has 1 aromatic carbocycles. The van der Waals surface area contributed by atoms with Crippen LogP contribution in [0.2, 0.25) is 0 Å². The predicted octanol–water partition coefficient (Wildman–Crippen LogP) is 1.88. The number of nitriles is 1. The maximum Gasteiger partial charge on any atom is 0.336 e. The Hall–Kier alpha value is -2.99. The quantitative estimate of drug-likeness (QED) is 0.406. The normalized spacial score (nSPS) is 14.6. The standard InChI is InChI=1S/C20H21N3O5/c1-23(13-20-26-6-7-27-20)5-3-4-19(24)28-18-9-15-8-14(11-21)12-22-16(15)10-17(18)25-2/h3-4,8-10,12,20H,5-7,13H2,1-2H3. The van der Waals surface area contributed by atoms with E-state index < -0.39 is 5.97 Å². The van der Waals surface area contributed by atoms with Gasteiger partial charge in [0.15, 0.2) is 17.8 Å². The monoisotopic (exact) mass is 383 g/mol. The number of methoxy groups -OCH3 is 1. The van der Waals surface area contributed by atoms with Crippen LogP contribution in [0.25, 0.3) is 10.9 Å². The summed E-state index contributed by atoms with van der Waals surface area (Å²) in [6.07, 6.45) is 4.33. The van der Waals surface area contributed by atoms with Gasteiger partial charge in [0.05, 0.1) is 31.4 Å². The Morgan fingerprint density at radius 3 is 2.86 bits per heavy atom. The molecule has 0 saturated carbocycles. The van der Waals surface area contributed by atoms with Gasteiger partial charge in [-0.15, -0.1) is 0 Å². The molecular formula is C20H21N3O5. The first kappa shape index (κ1) is 19.8. The number of rotatable bonds is 7. The van der Waals surface area contributed by atoms with E-state index in [9.17, 15) is 4.79 Å². The molecule has 1 aliphatic heterocycles. The van der Waals surface area contributed by atoms with Gasteiger partial charge in [-0.05, 0) is 19.2 Å². The van der Waals surface area contributed by atoms with Crippen molar-refractivity contribution < 1.29 is 23.7 Å². The summed E-state index contributed by atoms with van der Waals surface area (Å²) in [6, 6.07) is 7.01. The minimum Gasteiger partial charge on any atom is -0.493 e. The third-order valence-corrected chi connectivity index (χ3v) is 4.13. The summed E-state index contributed by atoms with van der Waals surface area (Å²) in [5, 5.41) is 9.70. The van der Waals surface area contributed by atoms with E-state index >= 15 is 0 Å². The smallest absolute Gasteiger partial charge is 0.336 e. The molecule has 146 valence electrons. The first-order chi connectivity index (χ1) is 13.6. The van der Waals surface area contributed by atoms with E-state index in [-0.39, 0.29) is 12.0 Å². The van der Waals surface area contributed by atoms with Crippen molar-refractivity contribution in [1.82, 2.24) is 9.88 Å². The minimum absolute atomic E-state index is 0.223. The molecule has 0 radical (unpaired) electrons. The number of carbonyl (C=O) groups excluding carboxylic acids is 1. The average Bonchev–Trinajstić information content (AvgIpc) is 3.19. The van der Waals surface area contributed by atoms with E-state index in [1.165, 1.54) is 19.4 Å². The molecule has 3 rings (SSSR count). The van der Waals surface area contributed by atoms with Gasteiger partial charge >= 0.3 is 5.97 Å².